The van der Waals surface area contributed by atoms with Crippen LogP contribution in [0.15, 0.2) is 48.5 Å². The summed E-state index contributed by atoms with van der Waals surface area (Å²) in [4.78, 5) is 11.9. The standard InChI is InChI=1S/C17H15ClO4/c1-11-7-8-14(13(18)9-11)20-10-15-21-16(17(19)22-15)12-5-3-2-4-6-12/h2-9,15-16H,10H2,1H3/t15-,16+/m0/s1. The van der Waals surface area contributed by atoms with Crippen molar-refractivity contribution in [1.82, 2.24) is 0 Å². The van der Waals surface area contributed by atoms with Crippen LogP contribution < -0.4 is 4.74 Å². The minimum atomic E-state index is -0.741. The summed E-state index contributed by atoms with van der Waals surface area (Å²) in [5.41, 5.74) is 1.81. The van der Waals surface area contributed by atoms with Gasteiger partial charge in [-0.3, -0.25) is 0 Å². The molecule has 1 saturated heterocycles. The van der Waals surface area contributed by atoms with Gasteiger partial charge in [0.2, 0.25) is 6.29 Å². The minimum absolute atomic E-state index is 0.0951. The maximum Gasteiger partial charge on any atom is 0.342 e. The van der Waals surface area contributed by atoms with E-state index in [1.54, 1.807) is 6.07 Å². The number of ether oxygens (including phenoxy) is 3. The first-order valence-electron chi connectivity index (χ1n) is 6.93. The Morgan fingerprint density at radius 1 is 1.18 bits per heavy atom. The second kappa shape index (κ2) is 6.38. The molecule has 0 aromatic heterocycles. The lowest BCUT2D eigenvalue weighted by molar-refractivity contribution is -0.145. The Kier molecular flexibility index (Phi) is 4.32. The van der Waals surface area contributed by atoms with Gasteiger partial charge in [0, 0.05) is 0 Å². The Bertz CT molecular complexity index is 672. The lowest BCUT2D eigenvalue weighted by atomic mass is 10.1. The van der Waals surface area contributed by atoms with Crippen LogP contribution in [-0.2, 0) is 14.3 Å². The van der Waals surface area contributed by atoms with E-state index in [-0.39, 0.29) is 6.61 Å². The lowest BCUT2D eigenvalue weighted by Crippen LogP contribution is -2.19. The molecule has 2 aromatic carbocycles. The molecule has 5 heteroatoms. The van der Waals surface area contributed by atoms with Crippen LogP contribution in [0, 0.1) is 6.92 Å². The number of carbonyl (C=O) groups excluding carboxylic acids is 1. The molecule has 1 fully saturated rings. The molecule has 0 spiro atoms. The van der Waals surface area contributed by atoms with E-state index in [1.807, 2.05) is 49.4 Å². The van der Waals surface area contributed by atoms with E-state index in [9.17, 15) is 4.79 Å². The zero-order valence-corrected chi connectivity index (χ0v) is 12.7. The van der Waals surface area contributed by atoms with Crippen molar-refractivity contribution in [2.75, 3.05) is 6.61 Å². The highest BCUT2D eigenvalue weighted by Crippen LogP contribution is 2.29. The molecule has 0 radical (unpaired) electrons. The Labute approximate surface area is 133 Å². The van der Waals surface area contributed by atoms with Crippen molar-refractivity contribution in [2.45, 2.75) is 19.3 Å². The van der Waals surface area contributed by atoms with Gasteiger partial charge in [-0.1, -0.05) is 48.0 Å². The third-order valence-electron chi connectivity index (χ3n) is 3.31. The van der Waals surface area contributed by atoms with Gasteiger partial charge in [0.1, 0.15) is 5.75 Å². The van der Waals surface area contributed by atoms with Gasteiger partial charge in [0.25, 0.3) is 0 Å². The molecule has 0 bridgehead atoms. The predicted molar refractivity (Wildman–Crippen MR) is 81.8 cm³/mol. The first kappa shape index (κ1) is 14.9. The average Bonchev–Trinajstić information content (AvgIpc) is 2.88. The molecular formula is C17H15ClO4. The normalized spacial score (nSPS) is 20.7. The summed E-state index contributed by atoms with van der Waals surface area (Å²) in [5, 5.41) is 0.518. The Hall–Kier alpha value is -2.04. The first-order valence-corrected chi connectivity index (χ1v) is 7.31. The van der Waals surface area contributed by atoms with Crippen LogP contribution in [0.5, 0.6) is 5.75 Å². The van der Waals surface area contributed by atoms with Crippen molar-refractivity contribution < 1.29 is 19.0 Å². The van der Waals surface area contributed by atoms with E-state index in [4.69, 9.17) is 25.8 Å². The first-order chi connectivity index (χ1) is 10.6. The number of aryl methyl sites for hydroxylation is 1. The molecule has 114 valence electrons. The molecule has 3 rings (SSSR count). The van der Waals surface area contributed by atoms with Gasteiger partial charge in [-0.2, -0.15) is 0 Å². The van der Waals surface area contributed by atoms with Crippen molar-refractivity contribution in [1.29, 1.82) is 0 Å². The summed E-state index contributed by atoms with van der Waals surface area (Å²) >= 11 is 6.09. The maximum absolute atomic E-state index is 11.9. The fraction of sp³-hybridized carbons (Fsp3) is 0.235. The van der Waals surface area contributed by atoms with Crippen molar-refractivity contribution in [3.05, 3.63) is 64.7 Å². The summed E-state index contributed by atoms with van der Waals surface area (Å²) in [5.74, 6) is 0.130. The van der Waals surface area contributed by atoms with E-state index in [2.05, 4.69) is 0 Å². The summed E-state index contributed by atoms with van der Waals surface area (Å²) in [7, 11) is 0. The topological polar surface area (TPSA) is 44.8 Å². The summed E-state index contributed by atoms with van der Waals surface area (Å²) < 4.78 is 16.4. The maximum atomic E-state index is 11.9. The van der Waals surface area contributed by atoms with Crippen LogP contribution in [0.25, 0.3) is 0 Å². The van der Waals surface area contributed by atoms with Crippen LogP contribution >= 0.6 is 11.6 Å². The molecule has 1 aliphatic rings. The van der Waals surface area contributed by atoms with Crippen LogP contribution in [0.3, 0.4) is 0 Å². The van der Waals surface area contributed by atoms with Crippen LogP contribution in [-0.4, -0.2) is 18.9 Å². The number of rotatable bonds is 4. The Morgan fingerprint density at radius 3 is 2.68 bits per heavy atom. The number of cyclic esters (lactones) is 1. The quantitative estimate of drug-likeness (QED) is 0.807. The molecule has 0 unspecified atom stereocenters. The zero-order valence-electron chi connectivity index (χ0n) is 12.0. The van der Waals surface area contributed by atoms with Gasteiger partial charge in [-0.05, 0) is 30.2 Å². The smallest absolute Gasteiger partial charge is 0.342 e. The second-order valence-electron chi connectivity index (χ2n) is 5.04. The van der Waals surface area contributed by atoms with Gasteiger partial charge < -0.3 is 14.2 Å². The van der Waals surface area contributed by atoms with Crippen molar-refractivity contribution in [3.8, 4) is 5.75 Å². The number of benzene rings is 2. The van der Waals surface area contributed by atoms with Crippen LogP contribution in [0.2, 0.25) is 5.02 Å². The number of esters is 1. The number of hydrogen-bond acceptors (Lipinski definition) is 4. The fourth-order valence-electron chi connectivity index (χ4n) is 2.22. The van der Waals surface area contributed by atoms with Gasteiger partial charge in [-0.15, -0.1) is 0 Å². The monoisotopic (exact) mass is 318 g/mol. The molecule has 1 heterocycles. The average molecular weight is 319 g/mol. The van der Waals surface area contributed by atoms with Crippen LogP contribution in [0.4, 0.5) is 0 Å². The van der Waals surface area contributed by atoms with E-state index in [0.29, 0.717) is 10.8 Å². The number of hydrogen-bond donors (Lipinski definition) is 0. The van der Waals surface area contributed by atoms with E-state index in [1.165, 1.54) is 0 Å². The molecular weight excluding hydrogens is 304 g/mol. The van der Waals surface area contributed by atoms with E-state index >= 15 is 0 Å². The van der Waals surface area contributed by atoms with Gasteiger partial charge in [0.05, 0.1) is 5.02 Å². The second-order valence-corrected chi connectivity index (χ2v) is 5.45. The molecule has 4 nitrogen and oxygen atoms in total. The molecule has 2 atom stereocenters. The van der Waals surface area contributed by atoms with Crippen molar-refractivity contribution in [2.24, 2.45) is 0 Å². The summed E-state index contributed by atoms with van der Waals surface area (Å²) in [6.07, 6.45) is -1.45. The largest absolute Gasteiger partial charge is 0.485 e. The molecule has 1 aliphatic heterocycles. The molecule has 2 aromatic rings. The van der Waals surface area contributed by atoms with Gasteiger partial charge >= 0.3 is 5.97 Å². The Balaban J connectivity index is 1.62. The predicted octanol–water partition coefficient (Wildman–Crippen LogP) is 3.67. The molecule has 0 amide bonds. The van der Waals surface area contributed by atoms with E-state index < -0.39 is 18.4 Å². The SMILES string of the molecule is Cc1ccc(OC[C@@H]2OC(=O)[C@@H](c3ccccc3)O2)c(Cl)c1. The zero-order chi connectivity index (χ0) is 15.5. The highest BCUT2D eigenvalue weighted by Gasteiger charge is 2.36. The van der Waals surface area contributed by atoms with Gasteiger partial charge in [-0.25, -0.2) is 4.79 Å². The van der Waals surface area contributed by atoms with Crippen molar-refractivity contribution >= 4 is 17.6 Å². The number of carbonyl (C=O) groups is 1. The highest BCUT2D eigenvalue weighted by atomic mass is 35.5. The molecule has 0 N–H and O–H groups in total. The lowest BCUT2D eigenvalue weighted by Gasteiger charge is -2.12. The van der Waals surface area contributed by atoms with Crippen molar-refractivity contribution in [3.63, 3.8) is 0 Å². The molecule has 0 aliphatic carbocycles. The summed E-state index contributed by atoms with van der Waals surface area (Å²) in [6.45, 7) is 2.04. The number of halogens is 1. The molecule has 22 heavy (non-hydrogen) atoms. The highest BCUT2D eigenvalue weighted by molar-refractivity contribution is 6.32. The Morgan fingerprint density at radius 2 is 1.95 bits per heavy atom. The fourth-order valence-corrected chi connectivity index (χ4v) is 2.51. The van der Waals surface area contributed by atoms with Crippen LogP contribution in [0.1, 0.15) is 17.2 Å². The minimum Gasteiger partial charge on any atom is -0.485 e. The third-order valence-corrected chi connectivity index (χ3v) is 3.61. The summed E-state index contributed by atoms with van der Waals surface area (Å²) in [6, 6.07) is 14.7. The van der Waals surface area contributed by atoms with E-state index in [0.717, 1.165) is 11.1 Å². The molecule has 0 saturated carbocycles. The third kappa shape index (κ3) is 3.24. The van der Waals surface area contributed by atoms with Gasteiger partial charge in [0.15, 0.2) is 12.7 Å².